The summed E-state index contributed by atoms with van der Waals surface area (Å²) in [5.74, 6) is -0.408. The Morgan fingerprint density at radius 3 is 2.57 bits per heavy atom. The molecule has 0 bridgehead atoms. The first-order chi connectivity index (χ1) is 10.1. The third kappa shape index (κ3) is 4.97. The summed E-state index contributed by atoms with van der Waals surface area (Å²) >= 11 is 5.77. The lowest BCUT2D eigenvalue weighted by molar-refractivity contribution is -0.129. The van der Waals surface area contributed by atoms with Gasteiger partial charge in [0.25, 0.3) is 5.91 Å². The molecule has 116 valence electrons. The summed E-state index contributed by atoms with van der Waals surface area (Å²) in [5, 5.41) is 22.7. The van der Waals surface area contributed by atoms with E-state index < -0.39 is 12.0 Å². The van der Waals surface area contributed by atoms with Gasteiger partial charge in [0.15, 0.2) is 6.10 Å². The van der Waals surface area contributed by atoms with Crippen molar-refractivity contribution in [2.45, 2.75) is 25.0 Å². The number of rotatable bonds is 5. The minimum Gasteiger partial charge on any atom is -0.393 e. The fourth-order valence-electron chi connectivity index (χ4n) is 2.37. The Bertz CT molecular complexity index is 458. The number of carbonyl (C=O) groups excluding carboxylic acids is 1. The summed E-state index contributed by atoms with van der Waals surface area (Å²) in [5.41, 5.74) is 0.526. The molecule has 1 saturated heterocycles. The van der Waals surface area contributed by atoms with Crippen molar-refractivity contribution in [2.24, 2.45) is 0 Å². The van der Waals surface area contributed by atoms with Gasteiger partial charge < -0.3 is 20.4 Å². The second kappa shape index (κ2) is 7.75. The maximum Gasteiger partial charge on any atom is 0.253 e. The zero-order chi connectivity index (χ0) is 15.2. The highest BCUT2D eigenvalue weighted by Crippen LogP contribution is 2.16. The average Bonchev–Trinajstić information content (AvgIpc) is 2.49. The van der Waals surface area contributed by atoms with Crippen molar-refractivity contribution in [3.05, 3.63) is 34.9 Å². The van der Waals surface area contributed by atoms with E-state index in [1.807, 2.05) is 0 Å². The molecule has 1 heterocycles. The van der Waals surface area contributed by atoms with Gasteiger partial charge in [-0.1, -0.05) is 23.7 Å². The number of piperidine rings is 1. The van der Waals surface area contributed by atoms with Gasteiger partial charge >= 0.3 is 0 Å². The van der Waals surface area contributed by atoms with E-state index in [-0.39, 0.29) is 6.10 Å². The molecule has 5 nitrogen and oxygen atoms in total. The molecule has 21 heavy (non-hydrogen) atoms. The standard InChI is InChI=1S/C15H21ClN2O3/c16-12-3-1-11(2-4-12)14(20)15(21)17-7-10-18-8-5-13(19)6-9-18/h1-4,13-14,19-20H,5-10H2,(H,17,21). The van der Waals surface area contributed by atoms with Gasteiger partial charge in [0.1, 0.15) is 0 Å². The number of carbonyl (C=O) groups is 1. The van der Waals surface area contributed by atoms with E-state index >= 15 is 0 Å². The third-order valence-electron chi connectivity index (χ3n) is 3.72. The number of aliphatic hydroxyl groups is 2. The minimum atomic E-state index is -1.18. The van der Waals surface area contributed by atoms with Crippen molar-refractivity contribution in [3.8, 4) is 0 Å². The third-order valence-corrected chi connectivity index (χ3v) is 3.97. The van der Waals surface area contributed by atoms with Gasteiger partial charge in [-0.2, -0.15) is 0 Å². The highest BCUT2D eigenvalue weighted by Gasteiger charge is 2.19. The number of likely N-dealkylation sites (tertiary alicyclic amines) is 1. The molecule has 1 fully saturated rings. The molecule has 0 spiro atoms. The van der Waals surface area contributed by atoms with E-state index in [2.05, 4.69) is 10.2 Å². The van der Waals surface area contributed by atoms with Crippen molar-refractivity contribution in [3.63, 3.8) is 0 Å². The Kier molecular flexibility index (Phi) is 5.99. The monoisotopic (exact) mass is 312 g/mol. The van der Waals surface area contributed by atoms with Crippen molar-refractivity contribution < 1.29 is 15.0 Å². The van der Waals surface area contributed by atoms with Gasteiger partial charge in [0.05, 0.1) is 6.10 Å². The lowest BCUT2D eigenvalue weighted by atomic mass is 10.1. The van der Waals surface area contributed by atoms with E-state index in [4.69, 9.17) is 11.6 Å². The average molecular weight is 313 g/mol. The molecule has 0 radical (unpaired) electrons. The van der Waals surface area contributed by atoms with Crippen LogP contribution in [0.5, 0.6) is 0 Å². The molecule has 1 atom stereocenters. The summed E-state index contributed by atoms with van der Waals surface area (Å²) in [7, 11) is 0. The highest BCUT2D eigenvalue weighted by atomic mass is 35.5. The van der Waals surface area contributed by atoms with Gasteiger partial charge in [-0.25, -0.2) is 0 Å². The molecule has 1 amide bonds. The van der Waals surface area contributed by atoms with Crippen LogP contribution in [0.2, 0.25) is 5.02 Å². The zero-order valence-electron chi connectivity index (χ0n) is 11.8. The molecule has 2 rings (SSSR count). The van der Waals surface area contributed by atoms with Gasteiger partial charge in [0, 0.05) is 31.2 Å². The van der Waals surface area contributed by atoms with Crippen molar-refractivity contribution in [1.29, 1.82) is 0 Å². The molecule has 1 unspecified atom stereocenters. The Labute approximate surface area is 129 Å². The summed E-state index contributed by atoms with van der Waals surface area (Å²) in [6.07, 6.45) is 0.191. The van der Waals surface area contributed by atoms with Crippen LogP contribution < -0.4 is 5.32 Å². The molecular weight excluding hydrogens is 292 g/mol. The van der Waals surface area contributed by atoms with Gasteiger partial charge in [-0.3, -0.25) is 4.79 Å². The fraction of sp³-hybridized carbons (Fsp3) is 0.533. The van der Waals surface area contributed by atoms with Gasteiger partial charge in [-0.05, 0) is 30.5 Å². The van der Waals surface area contributed by atoms with Crippen LogP contribution in [0.15, 0.2) is 24.3 Å². The van der Waals surface area contributed by atoms with Crippen LogP contribution >= 0.6 is 11.6 Å². The lowest BCUT2D eigenvalue weighted by Gasteiger charge is -2.29. The molecular formula is C15H21ClN2O3. The Hall–Kier alpha value is -1.14. The van der Waals surface area contributed by atoms with Crippen molar-refractivity contribution in [1.82, 2.24) is 10.2 Å². The van der Waals surface area contributed by atoms with E-state index in [0.717, 1.165) is 32.5 Å². The molecule has 0 aromatic heterocycles. The first-order valence-electron chi connectivity index (χ1n) is 7.18. The minimum absolute atomic E-state index is 0.192. The largest absolute Gasteiger partial charge is 0.393 e. The number of hydrogen-bond donors (Lipinski definition) is 3. The maximum atomic E-state index is 11.9. The van der Waals surface area contributed by atoms with Crippen molar-refractivity contribution >= 4 is 17.5 Å². The Balaban J connectivity index is 1.72. The maximum absolute atomic E-state index is 11.9. The van der Waals surface area contributed by atoms with Crippen LogP contribution in [0, 0.1) is 0 Å². The number of halogens is 1. The molecule has 0 aliphatic carbocycles. The smallest absolute Gasteiger partial charge is 0.253 e. The topological polar surface area (TPSA) is 72.8 Å². The van der Waals surface area contributed by atoms with Crippen LogP contribution in [-0.4, -0.2) is 53.3 Å². The summed E-state index contributed by atoms with van der Waals surface area (Å²) in [6.45, 7) is 2.90. The van der Waals surface area contributed by atoms with E-state index in [9.17, 15) is 15.0 Å². The Morgan fingerprint density at radius 1 is 1.33 bits per heavy atom. The van der Waals surface area contributed by atoms with Crippen LogP contribution in [0.25, 0.3) is 0 Å². The summed E-state index contributed by atoms with van der Waals surface area (Å²) in [4.78, 5) is 14.1. The number of aliphatic hydroxyl groups excluding tert-OH is 2. The number of nitrogens with one attached hydrogen (secondary N) is 1. The molecule has 6 heteroatoms. The van der Waals surface area contributed by atoms with E-state index in [1.54, 1.807) is 24.3 Å². The normalized spacial score (nSPS) is 18.4. The zero-order valence-corrected chi connectivity index (χ0v) is 12.6. The Morgan fingerprint density at radius 2 is 1.95 bits per heavy atom. The van der Waals surface area contributed by atoms with Crippen LogP contribution in [0.4, 0.5) is 0 Å². The lowest BCUT2D eigenvalue weighted by Crippen LogP contribution is -2.41. The number of hydrogen-bond acceptors (Lipinski definition) is 4. The summed E-state index contributed by atoms with van der Waals surface area (Å²) in [6, 6.07) is 6.57. The second-order valence-corrected chi connectivity index (χ2v) is 5.75. The fourth-order valence-corrected chi connectivity index (χ4v) is 2.50. The second-order valence-electron chi connectivity index (χ2n) is 5.32. The first kappa shape index (κ1) is 16.2. The predicted octanol–water partition coefficient (Wildman–Crippen LogP) is 0.946. The number of amides is 1. The number of benzene rings is 1. The molecule has 1 aliphatic heterocycles. The van der Waals surface area contributed by atoms with Crippen LogP contribution in [0.1, 0.15) is 24.5 Å². The highest BCUT2D eigenvalue weighted by molar-refractivity contribution is 6.30. The molecule has 3 N–H and O–H groups in total. The van der Waals surface area contributed by atoms with Gasteiger partial charge in [-0.15, -0.1) is 0 Å². The predicted molar refractivity (Wildman–Crippen MR) is 81.1 cm³/mol. The molecule has 1 aromatic carbocycles. The van der Waals surface area contributed by atoms with Crippen LogP contribution in [0.3, 0.4) is 0 Å². The molecule has 1 aromatic rings. The quantitative estimate of drug-likeness (QED) is 0.757. The van der Waals surface area contributed by atoms with Crippen LogP contribution in [-0.2, 0) is 4.79 Å². The molecule has 1 aliphatic rings. The number of nitrogens with zero attached hydrogens (tertiary/aromatic N) is 1. The van der Waals surface area contributed by atoms with Crippen molar-refractivity contribution in [2.75, 3.05) is 26.2 Å². The van der Waals surface area contributed by atoms with Gasteiger partial charge in [0.2, 0.25) is 0 Å². The summed E-state index contributed by atoms with van der Waals surface area (Å²) < 4.78 is 0. The SMILES string of the molecule is O=C(NCCN1CCC(O)CC1)C(O)c1ccc(Cl)cc1. The van der Waals surface area contributed by atoms with E-state index in [0.29, 0.717) is 17.1 Å². The molecule has 0 saturated carbocycles. The van der Waals surface area contributed by atoms with E-state index in [1.165, 1.54) is 0 Å². The first-order valence-corrected chi connectivity index (χ1v) is 7.55.